The third kappa shape index (κ3) is 3.23. The van der Waals surface area contributed by atoms with E-state index in [-0.39, 0.29) is 0 Å². The molecule has 96 valence electrons. The van der Waals surface area contributed by atoms with E-state index < -0.39 is 0 Å². The second-order valence-electron chi connectivity index (χ2n) is 4.22. The van der Waals surface area contributed by atoms with Crippen LogP contribution < -0.4 is 5.32 Å². The molecule has 4 nitrogen and oxygen atoms in total. The van der Waals surface area contributed by atoms with Crippen LogP contribution in [-0.4, -0.2) is 10.1 Å². The lowest BCUT2D eigenvalue weighted by Crippen LogP contribution is -2.00. The summed E-state index contributed by atoms with van der Waals surface area (Å²) in [6, 6.07) is 7.52. The van der Waals surface area contributed by atoms with Crippen molar-refractivity contribution >= 4 is 17.3 Å². The van der Waals surface area contributed by atoms with Crippen molar-refractivity contribution in [2.75, 3.05) is 5.32 Å². The number of hydrogen-bond acceptors (Lipinski definition) is 4. The van der Waals surface area contributed by atoms with Crippen molar-refractivity contribution < 1.29 is 4.52 Å². The lowest BCUT2D eigenvalue weighted by Gasteiger charge is -2.03. The molecule has 18 heavy (non-hydrogen) atoms. The van der Waals surface area contributed by atoms with E-state index in [9.17, 15) is 0 Å². The molecule has 1 heterocycles. The smallest absolute Gasteiger partial charge is 0.245 e. The van der Waals surface area contributed by atoms with Gasteiger partial charge in [-0.2, -0.15) is 4.98 Å². The molecule has 0 fully saturated rings. The third-order valence-electron chi connectivity index (χ3n) is 2.81. The van der Waals surface area contributed by atoms with Gasteiger partial charge in [0.2, 0.25) is 5.89 Å². The highest BCUT2D eigenvalue weighted by atomic mass is 35.5. The van der Waals surface area contributed by atoms with Crippen molar-refractivity contribution in [1.29, 1.82) is 0 Å². The lowest BCUT2D eigenvalue weighted by atomic mass is 10.1. The molecule has 1 N–H and O–H groups in total. The molecule has 0 aliphatic rings. The van der Waals surface area contributed by atoms with Gasteiger partial charge in [0, 0.05) is 16.6 Å². The maximum absolute atomic E-state index is 5.90. The molecule has 5 heteroatoms. The quantitative estimate of drug-likeness (QED) is 0.892. The predicted octanol–water partition coefficient (Wildman–Crippen LogP) is 3.85. The zero-order valence-electron chi connectivity index (χ0n) is 10.5. The summed E-state index contributed by atoms with van der Waals surface area (Å²) in [5.74, 6) is 1.68. The molecule has 0 amide bonds. The van der Waals surface area contributed by atoms with E-state index in [0.717, 1.165) is 17.9 Å². The first-order valence-electron chi connectivity index (χ1n) is 6.01. The van der Waals surface area contributed by atoms with E-state index in [1.807, 2.05) is 24.3 Å². The largest absolute Gasteiger partial charge is 0.376 e. The Morgan fingerprint density at radius 1 is 1.44 bits per heavy atom. The fourth-order valence-electron chi connectivity index (χ4n) is 1.50. The van der Waals surface area contributed by atoms with Gasteiger partial charge in [0.1, 0.15) is 0 Å². The number of hydrogen-bond donors (Lipinski definition) is 1. The molecule has 0 saturated heterocycles. The van der Waals surface area contributed by atoms with Crippen LogP contribution in [0.5, 0.6) is 0 Å². The van der Waals surface area contributed by atoms with Gasteiger partial charge >= 0.3 is 0 Å². The molecule has 0 aliphatic heterocycles. The van der Waals surface area contributed by atoms with Crippen molar-refractivity contribution in [1.82, 2.24) is 10.1 Å². The molecule has 0 spiro atoms. The Bertz CT molecular complexity index is 512. The van der Waals surface area contributed by atoms with Gasteiger partial charge in [-0.25, -0.2) is 0 Å². The van der Waals surface area contributed by atoms with Gasteiger partial charge in [0.15, 0.2) is 5.82 Å². The summed E-state index contributed by atoms with van der Waals surface area (Å²) in [6.07, 6.45) is 1.00. The zero-order valence-corrected chi connectivity index (χ0v) is 11.2. The van der Waals surface area contributed by atoms with E-state index in [4.69, 9.17) is 16.1 Å². The first kappa shape index (κ1) is 12.9. The number of anilines is 1. The van der Waals surface area contributed by atoms with E-state index in [0.29, 0.717) is 23.4 Å². The maximum atomic E-state index is 5.90. The molecule has 0 aliphatic carbocycles. The Balaban J connectivity index is 1.96. The maximum Gasteiger partial charge on any atom is 0.245 e. The van der Waals surface area contributed by atoms with E-state index in [2.05, 4.69) is 29.3 Å². The first-order valence-corrected chi connectivity index (χ1v) is 6.38. The monoisotopic (exact) mass is 265 g/mol. The summed E-state index contributed by atoms with van der Waals surface area (Å²) in [5.41, 5.74) is 0.936. The number of rotatable bonds is 5. The van der Waals surface area contributed by atoms with Gasteiger partial charge < -0.3 is 9.84 Å². The summed E-state index contributed by atoms with van der Waals surface area (Å²) in [5, 5.41) is 7.86. The van der Waals surface area contributed by atoms with Gasteiger partial charge in [0.05, 0.1) is 6.54 Å². The van der Waals surface area contributed by atoms with Gasteiger partial charge in [-0.05, 0) is 24.6 Å². The second-order valence-corrected chi connectivity index (χ2v) is 4.66. The van der Waals surface area contributed by atoms with Crippen LogP contribution >= 0.6 is 11.6 Å². The molecular formula is C13H16ClN3O. The Morgan fingerprint density at radius 3 is 3.00 bits per heavy atom. The van der Waals surface area contributed by atoms with Crippen LogP contribution in [0.25, 0.3) is 0 Å². The molecule has 1 aromatic heterocycles. The van der Waals surface area contributed by atoms with Crippen molar-refractivity contribution in [3.8, 4) is 0 Å². The first-order chi connectivity index (χ1) is 8.69. The van der Waals surface area contributed by atoms with Crippen LogP contribution in [0.3, 0.4) is 0 Å². The van der Waals surface area contributed by atoms with Crippen molar-refractivity contribution in [3.05, 3.63) is 41.0 Å². The Labute approximate surface area is 111 Å². The number of nitrogens with one attached hydrogen (secondary N) is 1. The number of nitrogens with zero attached hydrogens (tertiary/aromatic N) is 2. The third-order valence-corrected chi connectivity index (χ3v) is 3.04. The minimum absolute atomic E-state index is 0.327. The minimum Gasteiger partial charge on any atom is -0.376 e. The van der Waals surface area contributed by atoms with E-state index >= 15 is 0 Å². The number of benzene rings is 1. The molecule has 2 rings (SSSR count). The standard InChI is InChI=1S/C13H16ClN3O/c1-3-9(2)13-16-12(18-17-13)8-15-11-6-4-5-10(14)7-11/h4-7,9,15H,3,8H2,1-2H3. The van der Waals surface area contributed by atoms with E-state index in [1.54, 1.807) is 0 Å². The number of halogens is 1. The summed E-state index contributed by atoms with van der Waals surface area (Å²) >= 11 is 5.90. The van der Waals surface area contributed by atoms with Crippen LogP contribution in [-0.2, 0) is 6.54 Å². The van der Waals surface area contributed by atoms with Crippen LogP contribution in [0.4, 0.5) is 5.69 Å². The van der Waals surface area contributed by atoms with Gasteiger partial charge in [-0.3, -0.25) is 0 Å². The normalized spacial score (nSPS) is 12.4. The Hall–Kier alpha value is -1.55. The second kappa shape index (κ2) is 5.87. The van der Waals surface area contributed by atoms with Crippen LogP contribution in [0.1, 0.15) is 37.9 Å². The Morgan fingerprint density at radius 2 is 2.28 bits per heavy atom. The van der Waals surface area contributed by atoms with Crippen molar-refractivity contribution in [2.45, 2.75) is 32.7 Å². The molecule has 1 unspecified atom stereocenters. The van der Waals surface area contributed by atoms with E-state index in [1.165, 1.54) is 0 Å². The number of aromatic nitrogens is 2. The molecule has 1 atom stereocenters. The summed E-state index contributed by atoms with van der Waals surface area (Å²) < 4.78 is 5.18. The average molecular weight is 266 g/mol. The predicted molar refractivity (Wildman–Crippen MR) is 71.8 cm³/mol. The minimum atomic E-state index is 0.327. The van der Waals surface area contributed by atoms with Crippen molar-refractivity contribution in [3.63, 3.8) is 0 Å². The summed E-state index contributed by atoms with van der Waals surface area (Å²) in [4.78, 5) is 4.35. The topological polar surface area (TPSA) is 51.0 Å². The highest BCUT2D eigenvalue weighted by molar-refractivity contribution is 6.30. The van der Waals surface area contributed by atoms with Gasteiger partial charge in [0.25, 0.3) is 0 Å². The highest BCUT2D eigenvalue weighted by Gasteiger charge is 2.11. The summed E-state index contributed by atoms with van der Waals surface area (Å²) in [7, 11) is 0. The molecular weight excluding hydrogens is 250 g/mol. The average Bonchev–Trinajstić information content (AvgIpc) is 2.84. The van der Waals surface area contributed by atoms with Gasteiger partial charge in [-0.1, -0.05) is 36.7 Å². The van der Waals surface area contributed by atoms with Gasteiger partial charge in [-0.15, -0.1) is 0 Å². The molecule has 0 saturated carbocycles. The van der Waals surface area contributed by atoms with Crippen LogP contribution in [0, 0.1) is 0 Å². The molecule has 0 radical (unpaired) electrons. The zero-order chi connectivity index (χ0) is 13.0. The highest BCUT2D eigenvalue weighted by Crippen LogP contribution is 2.17. The Kier molecular flexibility index (Phi) is 4.20. The molecule has 0 bridgehead atoms. The lowest BCUT2D eigenvalue weighted by molar-refractivity contribution is 0.374. The fraction of sp³-hybridized carbons (Fsp3) is 0.385. The molecule has 1 aromatic carbocycles. The molecule has 2 aromatic rings. The SMILES string of the molecule is CCC(C)c1noc(CNc2cccc(Cl)c2)n1. The fourth-order valence-corrected chi connectivity index (χ4v) is 1.69. The van der Waals surface area contributed by atoms with Crippen LogP contribution in [0.15, 0.2) is 28.8 Å². The summed E-state index contributed by atoms with van der Waals surface area (Å²) in [6.45, 7) is 4.69. The van der Waals surface area contributed by atoms with Crippen LogP contribution in [0.2, 0.25) is 5.02 Å². The van der Waals surface area contributed by atoms with Crippen molar-refractivity contribution in [2.24, 2.45) is 0 Å².